The molecule has 0 bridgehead atoms. The summed E-state index contributed by atoms with van der Waals surface area (Å²) in [4.78, 5) is 3.94. The van der Waals surface area contributed by atoms with E-state index in [0.717, 1.165) is 24.0 Å². The Kier molecular flexibility index (Phi) is 5.85. The van der Waals surface area contributed by atoms with Gasteiger partial charge in [0.25, 0.3) is 0 Å². The highest BCUT2D eigenvalue weighted by molar-refractivity contribution is 6.32. The number of aromatic nitrogens is 1. The SMILES string of the molecule is CCC(N)Cc1ccc(OCc2ccncc2Cl)c(Cl)c1. The number of rotatable bonds is 6. The van der Waals surface area contributed by atoms with E-state index in [0.29, 0.717) is 22.4 Å². The molecule has 5 heteroatoms. The van der Waals surface area contributed by atoms with E-state index >= 15 is 0 Å². The van der Waals surface area contributed by atoms with E-state index in [4.69, 9.17) is 33.7 Å². The molecule has 1 aromatic carbocycles. The van der Waals surface area contributed by atoms with Gasteiger partial charge in [-0.1, -0.05) is 36.2 Å². The van der Waals surface area contributed by atoms with Gasteiger partial charge in [0.2, 0.25) is 0 Å². The van der Waals surface area contributed by atoms with Crippen LogP contribution in [0.25, 0.3) is 0 Å². The molecule has 2 rings (SSSR count). The molecule has 0 aliphatic heterocycles. The van der Waals surface area contributed by atoms with Gasteiger partial charge in [0.1, 0.15) is 12.4 Å². The van der Waals surface area contributed by atoms with Gasteiger partial charge in [-0.25, -0.2) is 0 Å². The van der Waals surface area contributed by atoms with Gasteiger partial charge in [0.15, 0.2) is 0 Å². The average Bonchev–Trinajstić information content (AvgIpc) is 2.48. The van der Waals surface area contributed by atoms with E-state index in [-0.39, 0.29) is 6.04 Å². The second kappa shape index (κ2) is 7.64. The van der Waals surface area contributed by atoms with Gasteiger partial charge >= 0.3 is 0 Å². The van der Waals surface area contributed by atoms with E-state index < -0.39 is 0 Å². The highest BCUT2D eigenvalue weighted by atomic mass is 35.5. The van der Waals surface area contributed by atoms with Crippen LogP contribution in [-0.2, 0) is 13.0 Å². The summed E-state index contributed by atoms with van der Waals surface area (Å²) in [7, 11) is 0. The summed E-state index contributed by atoms with van der Waals surface area (Å²) in [5, 5.41) is 1.17. The number of benzene rings is 1. The molecule has 0 amide bonds. The van der Waals surface area contributed by atoms with Crippen LogP contribution in [-0.4, -0.2) is 11.0 Å². The van der Waals surface area contributed by atoms with E-state index in [2.05, 4.69) is 11.9 Å². The van der Waals surface area contributed by atoms with Crippen molar-refractivity contribution in [1.82, 2.24) is 4.98 Å². The molecule has 1 heterocycles. The van der Waals surface area contributed by atoms with E-state index in [1.165, 1.54) is 0 Å². The van der Waals surface area contributed by atoms with Crippen LogP contribution in [0.4, 0.5) is 0 Å². The maximum absolute atomic E-state index is 6.25. The molecule has 112 valence electrons. The molecule has 0 aliphatic carbocycles. The Morgan fingerprint density at radius 1 is 1.24 bits per heavy atom. The fourth-order valence-electron chi connectivity index (χ4n) is 1.91. The zero-order chi connectivity index (χ0) is 15.2. The van der Waals surface area contributed by atoms with Crippen molar-refractivity contribution in [2.45, 2.75) is 32.4 Å². The Labute approximate surface area is 135 Å². The molecule has 1 unspecified atom stereocenters. The molecule has 1 aromatic heterocycles. The van der Waals surface area contributed by atoms with Gasteiger partial charge < -0.3 is 10.5 Å². The van der Waals surface area contributed by atoms with Crippen LogP contribution >= 0.6 is 23.2 Å². The molecule has 0 radical (unpaired) electrons. The maximum Gasteiger partial charge on any atom is 0.138 e. The van der Waals surface area contributed by atoms with Crippen LogP contribution in [0.3, 0.4) is 0 Å². The summed E-state index contributed by atoms with van der Waals surface area (Å²) in [6, 6.07) is 7.74. The summed E-state index contributed by atoms with van der Waals surface area (Å²) in [5.74, 6) is 0.637. The van der Waals surface area contributed by atoms with Crippen LogP contribution < -0.4 is 10.5 Å². The molecule has 0 fully saturated rings. The monoisotopic (exact) mass is 324 g/mol. The van der Waals surface area contributed by atoms with Crippen LogP contribution in [0.1, 0.15) is 24.5 Å². The first-order chi connectivity index (χ1) is 10.1. The second-order valence-corrected chi connectivity index (χ2v) is 5.71. The van der Waals surface area contributed by atoms with Gasteiger partial charge in [-0.2, -0.15) is 0 Å². The van der Waals surface area contributed by atoms with Crippen molar-refractivity contribution < 1.29 is 4.74 Å². The summed E-state index contributed by atoms with van der Waals surface area (Å²) in [6.07, 6.45) is 5.03. The van der Waals surface area contributed by atoms with Crippen molar-refractivity contribution >= 4 is 23.2 Å². The largest absolute Gasteiger partial charge is 0.487 e. The number of halogens is 2. The van der Waals surface area contributed by atoms with Crippen LogP contribution in [0.5, 0.6) is 5.75 Å². The Morgan fingerprint density at radius 3 is 2.71 bits per heavy atom. The summed E-state index contributed by atoms with van der Waals surface area (Å²) < 4.78 is 5.71. The second-order valence-electron chi connectivity index (χ2n) is 4.89. The van der Waals surface area contributed by atoms with Gasteiger partial charge in [-0.3, -0.25) is 4.98 Å². The number of ether oxygens (including phenoxy) is 1. The lowest BCUT2D eigenvalue weighted by Crippen LogP contribution is -2.21. The van der Waals surface area contributed by atoms with E-state index in [1.54, 1.807) is 12.4 Å². The average molecular weight is 325 g/mol. The molecular formula is C16H18Cl2N2O. The third-order valence-corrected chi connectivity index (χ3v) is 3.89. The Morgan fingerprint density at radius 2 is 2.05 bits per heavy atom. The minimum absolute atomic E-state index is 0.156. The van der Waals surface area contributed by atoms with Gasteiger partial charge in [-0.05, 0) is 36.6 Å². The third kappa shape index (κ3) is 4.60. The van der Waals surface area contributed by atoms with Crippen LogP contribution in [0.2, 0.25) is 10.0 Å². The topological polar surface area (TPSA) is 48.1 Å². The minimum atomic E-state index is 0.156. The van der Waals surface area contributed by atoms with Crippen molar-refractivity contribution in [3.63, 3.8) is 0 Å². The fraction of sp³-hybridized carbons (Fsp3) is 0.312. The lowest BCUT2D eigenvalue weighted by Gasteiger charge is -2.12. The molecule has 2 N–H and O–H groups in total. The lowest BCUT2D eigenvalue weighted by atomic mass is 10.0. The molecular weight excluding hydrogens is 307 g/mol. The standard InChI is InChI=1S/C16H18Cl2N2O/c1-2-13(19)7-11-3-4-16(14(17)8-11)21-10-12-5-6-20-9-15(12)18/h3-6,8-9,13H,2,7,10,19H2,1H3. The zero-order valence-electron chi connectivity index (χ0n) is 11.9. The van der Waals surface area contributed by atoms with Gasteiger partial charge in [-0.15, -0.1) is 0 Å². The van der Waals surface area contributed by atoms with Gasteiger partial charge in [0, 0.05) is 24.0 Å². The first kappa shape index (κ1) is 16.1. The Hall–Kier alpha value is -1.29. The predicted molar refractivity (Wildman–Crippen MR) is 87.0 cm³/mol. The van der Waals surface area contributed by atoms with E-state index in [9.17, 15) is 0 Å². The highest BCUT2D eigenvalue weighted by Gasteiger charge is 2.07. The first-order valence-electron chi connectivity index (χ1n) is 6.85. The molecule has 0 saturated heterocycles. The number of nitrogens with two attached hydrogens (primary N) is 1. The van der Waals surface area contributed by atoms with Gasteiger partial charge in [0.05, 0.1) is 10.0 Å². The molecule has 3 nitrogen and oxygen atoms in total. The third-order valence-electron chi connectivity index (χ3n) is 3.26. The summed E-state index contributed by atoms with van der Waals surface area (Å²) in [5.41, 5.74) is 7.94. The first-order valence-corrected chi connectivity index (χ1v) is 7.61. The molecule has 2 aromatic rings. The fourth-order valence-corrected chi connectivity index (χ4v) is 2.34. The number of pyridine rings is 1. The van der Waals surface area contributed by atoms with Crippen molar-refractivity contribution in [2.75, 3.05) is 0 Å². The van der Waals surface area contributed by atoms with Crippen molar-refractivity contribution in [3.05, 3.63) is 57.8 Å². The van der Waals surface area contributed by atoms with Crippen LogP contribution in [0.15, 0.2) is 36.7 Å². The predicted octanol–water partition coefficient (Wildman–Crippen LogP) is 4.25. The van der Waals surface area contributed by atoms with Crippen molar-refractivity contribution in [1.29, 1.82) is 0 Å². The number of hydrogen-bond donors (Lipinski definition) is 1. The number of nitrogens with zero attached hydrogens (tertiary/aromatic N) is 1. The zero-order valence-corrected chi connectivity index (χ0v) is 13.4. The molecule has 0 aliphatic rings. The maximum atomic E-state index is 6.25. The van der Waals surface area contributed by atoms with Crippen LogP contribution in [0, 0.1) is 0 Å². The van der Waals surface area contributed by atoms with Crippen molar-refractivity contribution in [2.24, 2.45) is 5.73 Å². The Bertz CT molecular complexity index is 605. The molecule has 0 saturated carbocycles. The normalized spacial score (nSPS) is 12.2. The lowest BCUT2D eigenvalue weighted by molar-refractivity contribution is 0.306. The molecule has 0 spiro atoms. The summed E-state index contributed by atoms with van der Waals surface area (Å²) >= 11 is 12.3. The minimum Gasteiger partial charge on any atom is -0.487 e. The number of hydrogen-bond acceptors (Lipinski definition) is 3. The molecule has 21 heavy (non-hydrogen) atoms. The quantitative estimate of drug-likeness (QED) is 0.864. The van der Waals surface area contributed by atoms with E-state index in [1.807, 2.05) is 24.3 Å². The highest BCUT2D eigenvalue weighted by Crippen LogP contribution is 2.27. The Balaban J connectivity index is 2.03. The van der Waals surface area contributed by atoms with Crippen molar-refractivity contribution in [3.8, 4) is 5.75 Å². The molecule has 1 atom stereocenters. The smallest absolute Gasteiger partial charge is 0.138 e. The summed E-state index contributed by atoms with van der Waals surface area (Å²) in [6.45, 7) is 2.43.